The Morgan fingerprint density at radius 3 is 2.83 bits per heavy atom. The van der Waals surface area contributed by atoms with E-state index in [1.54, 1.807) is 17.5 Å². The minimum Gasteiger partial charge on any atom is -0.316 e. The van der Waals surface area contributed by atoms with Crippen LogP contribution >= 0.6 is 0 Å². The van der Waals surface area contributed by atoms with Crippen molar-refractivity contribution in [3.05, 3.63) is 11.8 Å². The van der Waals surface area contributed by atoms with Gasteiger partial charge in [-0.15, -0.1) is 0 Å². The summed E-state index contributed by atoms with van der Waals surface area (Å²) >= 11 is 0. The van der Waals surface area contributed by atoms with Gasteiger partial charge in [0.1, 0.15) is 0 Å². The van der Waals surface area contributed by atoms with Gasteiger partial charge < -0.3 is 5.32 Å². The van der Waals surface area contributed by atoms with E-state index in [4.69, 9.17) is 0 Å². The van der Waals surface area contributed by atoms with Crippen LogP contribution in [0.3, 0.4) is 0 Å². The molecule has 1 fully saturated rings. The van der Waals surface area contributed by atoms with Crippen molar-refractivity contribution in [3.63, 3.8) is 0 Å². The molecule has 0 atom stereocenters. The molecule has 0 saturated carbocycles. The number of H-pyrrole nitrogens is 1. The first-order chi connectivity index (χ1) is 8.37. The van der Waals surface area contributed by atoms with E-state index in [1.165, 1.54) is 0 Å². The van der Waals surface area contributed by atoms with Gasteiger partial charge in [0.2, 0.25) is 0 Å². The molecular formula is C11H20N4O2S. The number of nitrogens with one attached hydrogen (secondary N) is 2. The Hall–Kier alpha value is -0.920. The average Bonchev–Trinajstić information content (AvgIpc) is 2.85. The summed E-state index contributed by atoms with van der Waals surface area (Å²) in [6.07, 6.45) is 2.45. The second kappa shape index (κ2) is 4.64. The van der Waals surface area contributed by atoms with Crippen LogP contribution in [-0.4, -0.2) is 43.1 Å². The summed E-state index contributed by atoms with van der Waals surface area (Å²) < 4.78 is 26.6. The lowest BCUT2D eigenvalue weighted by Gasteiger charge is -2.19. The van der Waals surface area contributed by atoms with Crippen LogP contribution < -0.4 is 5.32 Å². The van der Waals surface area contributed by atoms with E-state index in [0.717, 1.165) is 6.42 Å². The van der Waals surface area contributed by atoms with Crippen LogP contribution in [0.2, 0.25) is 0 Å². The van der Waals surface area contributed by atoms with Crippen molar-refractivity contribution in [2.75, 3.05) is 20.1 Å². The molecule has 7 heteroatoms. The molecule has 0 unspecified atom stereocenters. The zero-order chi connectivity index (χ0) is 13.4. The Morgan fingerprint density at radius 2 is 2.28 bits per heavy atom. The molecule has 0 radical (unpaired) electrons. The third kappa shape index (κ3) is 2.43. The van der Waals surface area contributed by atoms with Crippen LogP contribution in [0.1, 0.15) is 25.8 Å². The molecule has 0 amide bonds. The van der Waals surface area contributed by atoms with Crippen molar-refractivity contribution >= 4 is 10.0 Å². The SMILES string of the molecule is CNCc1cn[nH]c1S(=O)(=O)N1CCC(C)(C)C1. The first kappa shape index (κ1) is 13.5. The largest absolute Gasteiger partial charge is 0.316 e. The number of hydrogen-bond acceptors (Lipinski definition) is 4. The maximum Gasteiger partial charge on any atom is 0.260 e. The molecule has 6 nitrogen and oxygen atoms in total. The van der Waals surface area contributed by atoms with E-state index < -0.39 is 10.0 Å². The summed E-state index contributed by atoms with van der Waals surface area (Å²) in [6, 6.07) is 0. The molecule has 0 aliphatic carbocycles. The Morgan fingerprint density at radius 1 is 1.56 bits per heavy atom. The third-order valence-electron chi connectivity index (χ3n) is 3.29. The van der Waals surface area contributed by atoms with Gasteiger partial charge in [-0.3, -0.25) is 5.10 Å². The highest BCUT2D eigenvalue weighted by atomic mass is 32.2. The van der Waals surface area contributed by atoms with E-state index in [2.05, 4.69) is 29.4 Å². The smallest absolute Gasteiger partial charge is 0.260 e. The first-order valence-electron chi connectivity index (χ1n) is 6.04. The Kier molecular flexibility index (Phi) is 3.48. The van der Waals surface area contributed by atoms with Crippen LogP contribution in [0.15, 0.2) is 11.2 Å². The Labute approximate surface area is 108 Å². The van der Waals surface area contributed by atoms with Gasteiger partial charge in [-0.05, 0) is 18.9 Å². The third-order valence-corrected chi connectivity index (χ3v) is 5.15. The van der Waals surface area contributed by atoms with Crippen molar-refractivity contribution in [3.8, 4) is 0 Å². The summed E-state index contributed by atoms with van der Waals surface area (Å²) in [5, 5.41) is 9.62. The highest BCUT2D eigenvalue weighted by Crippen LogP contribution is 2.32. The summed E-state index contributed by atoms with van der Waals surface area (Å²) in [7, 11) is -1.66. The van der Waals surface area contributed by atoms with Gasteiger partial charge in [-0.1, -0.05) is 13.8 Å². The Balaban J connectivity index is 2.29. The van der Waals surface area contributed by atoms with Gasteiger partial charge in [0.25, 0.3) is 10.0 Å². The maximum atomic E-state index is 12.5. The van der Waals surface area contributed by atoms with Crippen molar-refractivity contribution in [1.29, 1.82) is 0 Å². The van der Waals surface area contributed by atoms with E-state index in [1.807, 2.05) is 0 Å². The highest BCUT2D eigenvalue weighted by Gasteiger charge is 2.38. The second-order valence-electron chi connectivity index (χ2n) is 5.51. The molecule has 2 heterocycles. The molecule has 2 N–H and O–H groups in total. The quantitative estimate of drug-likeness (QED) is 0.839. The topological polar surface area (TPSA) is 78.1 Å². The normalized spacial score (nSPS) is 20.4. The molecule has 0 spiro atoms. The van der Waals surface area contributed by atoms with Gasteiger partial charge in [0, 0.05) is 25.2 Å². The minimum absolute atomic E-state index is 0.0518. The van der Waals surface area contributed by atoms with Gasteiger partial charge >= 0.3 is 0 Å². The fourth-order valence-corrected chi connectivity index (χ4v) is 3.97. The van der Waals surface area contributed by atoms with Crippen LogP contribution in [0.5, 0.6) is 0 Å². The Bertz CT molecular complexity index is 521. The van der Waals surface area contributed by atoms with Gasteiger partial charge in [0.05, 0.1) is 6.20 Å². The fraction of sp³-hybridized carbons (Fsp3) is 0.727. The number of nitrogens with zero attached hydrogens (tertiary/aromatic N) is 2. The van der Waals surface area contributed by atoms with Crippen LogP contribution in [0.4, 0.5) is 0 Å². The summed E-state index contributed by atoms with van der Waals surface area (Å²) in [5.41, 5.74) is 0.734. The molecule has 1 aromatic rings. The molecule has 1 aromatic heterocycles. The average molecular weight is 272 g/mol. The van der Waals surface area contributed by atoms with E-state index in [0.29, 0.717) is 25.2 Å². The van der Waals surface area contributed by atoms with Crippen molar-refractivity contribution in [1.82, 2.24) is 19.8 Å². The van der Waals surface area contributed by atoms with Gasteiger partial charge in [-0.25, -0.2) is 8.42 Å². The molecule has 102 valence electrons. The fourth-order valence-electron chi connectivity index (χ4n) is 2.24. The standard InChI is InChI=1S/C11H20N4O2S/c1-11(2)4-5-15(8-11)18(16,17)10-9(6-12-3)7-13-14-10/h7,12H,4-6,8H2,1-3H3,(H,13,14). The van der Waals surface area contributed by atoms with Crippen molar-refractivity contribution < 1.29 is 8.42 Å². The zero-order valence-electron chi connectivity index (χ0n) is 11.0. The van der Waals surface area contributed by atoms with Gasteiger partial charge in [0.15, 0.2) is 5.03 Å². The number of rotatable bonds is 4. The second-order valence-corrected chi connectivity index (χ2v) is 7.38. The lowest BCUT2D eigenvalue weighted by atomic mass is 9.93. The predicted octanol–water partition coefficient (Wildman–Crippen LogP) is 0.550. The van der Waals surface area contributed by atoms with Crippen LogP contribution in [-0.2, 0) is 16.6 Å². The van der Waals surface area contributed by atoms with Crippen molar-refractivity contribution in [2.45, 2.75) is 31.8 Å². The molecule has 2 rings (SSSR count). The van der Waals surface area contributed by atoms with E-state index in [9.17, 15) is 8.42 Å². The maximum absolute atomic E-state index is 12.5. The first-order valence-corrected chi connectivity index (χ1v) is 7.48. The monoisotopic (exact) mass is 272 g/mol. The minimum atomic E-state index is -3.44. The molecular weight excluding hydrogens is 252 g/mol. The number of hydrogen-bond donors (Lipinski definition) is 2. The number of aromatic nitrogens is 2. The lowest BCUT2D eigenvalue weighted by Crippen LogP contribution is -2.31. The summed E-state index contributed by atoms with van der Waals surface area (Å²) in [4.78, 5) is 0. The zero-order valence-corrected chi connectivity index (χ0v) is 11.8. The summed E-state index contributed by atoms with van der Waals surface area (Å²) in [6.45, 7) is 5.80. The van der Waals surface area contributed by atoms with Crippen molar-refractivity contribution in [2.24, 2.45) is 5.41 Å². The predicted molar refractivity (Wildman–Crippen MR) is 68.5 cm³/mol. The van der Waals surface area contributed by atoms with Crippen LogP contribution in [0.25, 0.3) is 0 Å². The van der Waals surface area contributed by atoms with Crippen LogP contribution in [0, 0.1) is 5.41 Å². The van der Waals surface area contributed by atoms with Gasteiger partial charge in [-0.2, -0.15) is 9.40 Å². The summed E-state index contributed by atoms with van der Waals surface area (Å²) in [5.74, 6) is 0. The molecule has 1 saturated heterocycles. The molecule has 18 heavy (non-hydrogen) atoms. The lowest BCUT2D eigenvalue weighted by molar-refractivity contribution is 0.374. The number of sulfonamides is 1. The highest BCUT2D eigenvalue weighted by molar-refractivity contribution is 7.89. The molecule has 1 aliphatic rings. The number of aromatic amines is 1. The molecule has 0 aromatic carbocycles. The van der Waals surface area contributed by atoms with E-state index in [-0.39, 0.29) is 10.4 Å². The molecule has 1 aliphatic heterocycles. The van der Waals surface area contributed by atoms with E-state index >= 15 is 0 Å². The molecule has 0 bridgehead atoms.